The number of nitro groups is 1. The van der Waals surface area contributed by atoms with Gasteiger partial charge in [0.05, 0.1) is 6.54 Å². The average Bonchev–Trinajstić information content (AvgIpc) is 2.84. The Morgan fingerprint density at radius 2 is 2.26 bits per heavy atom. The summed E-state index contributed by atoms with van der Waals surface area (Å²) in [7, 11) is 0. The van der Waals surface area contributed by atoms with Crippen LogP contribution in [-0.2, 0) is 0 Å². The standard InChI is InChI=1S/C8H6F4N4O2S/c9-6(10)8(11,12)3-13-4-5(16(17)18)15-1-2-19-7(15)14-4/h1-2,6,13H,3H2. The summed E-state index contributed by atoms with van der Waals surface area (Å²) >= 11 is 1.05. The number of nitrogens with zero attached hydrogens (tertiary/aromatic N) is 3. The number of halogens is 4. The van der Waals surface area contributed by atoms with E-state index in [0.29, 0.717) is 0 Å². The largest absolute Gasteiger partial charge is 0.372 e. The van der Waals surface area contributed by atoms with Crippen LogP contribution in [0.4, 0.5) is 29.2 Å². The zero-order valence-corrected chi connectivity index (χ0v) is 9.83. The van der Waals surface area contributed by atoms with Gasteiger partial charge in [0.1, 0.15) is 6.20 Å². The fourth-order valence-electron chi connectivity index (χ4n) is 1.35. The van der Waals surface area contributed by atoms with Crippen LogP contribution < -0.4 is 5.32 Å². The molecule has 2 aromatic rings. The van der Waals surface area contributed by atoms with Crippen molar-refractivity contribution in [1.29, 1.82) is 0 Å². The van der Waals surface area contributed by atoms with Gasteiger partial charge in [-0.1, -0.05) is 11.3 Å². The Hall–Kier alpha value is -1.91. The minimum Gasteiger partial charge on any atom is -0.358 e. The number of hydrogen-bond donors (Lipinski definition) is 1. The van der Waals surface area contributed by atoms with Crippen LogP contribution >= 0.6 is 11.3 Å². The first-order valence-electron chi connectivity index (χ1n) is 4.82. The molecule has 104 valence electrons. The van der Waals surface area contributed by atoms with Gasteiger partial charge in [0.15, 0.2) is 0 Å². The van der Waals surface area contributed by atoms with Gasteiger partial charge >= 0.3 is 18.2 Å². The van der Waals surface area contributed by atoms with Crippen LogP contribution in [-0.4, -0.2) is 33.2 Å². The van der Waals surface area contributed by atoms with E-state index in [-0.39, 0.29) is 4.96 Å². The number of nitrogens with one attached hydrogen (secondary N) is 1. The summed E-state index contributed by atoms with van der Waals surface area (Å²) in [6.45, 7) is -1.43. The second kappa shape index (κ2) is 4.64. The summed E-state index contributed by atoms with van der Waals surface area (Å²) in [5.41, 5.74) is 0. The predicted molar refractivity (Wildman–Crippen MR) is 59.2 cm³/mol. The zero-order valence-electron chi connectivity index (χ0n) is 9.02. The SMILES string of the molecule is O=[N+]([O-])c1c(NCC(F)(F)C(F)F)nc2sccn12. The van der Waals surface area contributed by atoms with Gasteiger partial charge in [0.2, 0.25) is 5.82 Å². The molecule has 11 heteroatoms. The quantitative estimate of drug-likeness (QED) is 0.523. The maximum Gasteiger partial charge on any atom is 0.372 e. The molecule has 2 rings (SSSR count). The lowest BCUT2D eigenvalue weighted by molar-refractivity contribution is -0.389. The van der Waals surface area contributed by atoms with Crippen LogP contribution in [0.5, 0.6) is 0 Å². The maximum atomic E-state index is 12.7. The fraction of sp³-hybridized carbons (Fsp3) is 0.375. The van der Waals surface area contributed by atoms with Crippen LogP contribution in [0.1, 0.15) is 0 Å². The van der Waals surface area contributed by atoms with Crippen molar-refractivity contribution in [2.75, 3.05) is 11.9 Å². The van der Waals surface area contributed by atoms with E-state index in [2.05, 4.69) is 4.98 Å². The lowest BCUT2D eigenvalue weighted by Gasteiger charge is -2.15. The third-order valence-corrected chi connectivity index (χ3v) is 2.98. The van der Waals surface area contributed by atoms with E-state index < -0.39 is 35.5 Å². The molecule has 2 heterocycles. The minimum absolute atomic E-state index is 0.203. The van der Waals surface area contributed by atoms with Gasteiger partial charge in [-0.05, 0) is 4.92 Å². The number of alkyl halides is 4. The van der Waals surface area contributed by atoms with Gasteiger partial charge in [-0.15, -0.1) is 0 Å². The molecule has 0 bridgehead atoms. The van der Waals surface area contributed by atoms with Crippen LogP contribution in [0.2, 0.25) is 0 Å². The molecule has 0 fully saturated rings. The van der Waals surface area contributed by atoms with Crippen LogP contribution in [0.25, 0.3) is 4.96 Å². The van der Waals surface area contributed by atoms with E-state index >= 15 is 0 Å². The van der Waals surface area contributed by atoms with Gasteiger partial charge in [0, 0.05) is 5.38 Å². The minimum atomic E-state index is -4.29. The Bertz CT molecular complexity index is 611. The number of rotatable bonds is 5. The average molecular weight is 298 g/mol. The molecule has 0 atom stereocenters. The van der Waals surface area contributed by atoms with Crippen molar-refractivity contribution >= 4 is 27.9 Å². The summed E-state index contributed by atoms with van der Waals surface area (Å²) in [5, 5.41) is 14.2. The lowest BCUT2D eigenvalue weighted by Crippen LogP contribution is -2.35. The van der Waals surface area contributed by atoms with Gasteiger partial charge in [-0.2, -0.15) is 18.2 Å². The van der Waals surface area contributed by atoms with Crippen LogP contribution in [0, 0.1) is 10.1 Å². The smallest absolute Gasteiger partial charge is 0.358 e. The molecule has 19 heavy (non-hydrogen) atoms. The molecule has 0 radical (unpaired) electrons. The summed E-state index contributed by atoms with van der Waals surface area (Å²) < 4.78 is 50.5. The second-order valence-electron chi connectivity index (χ2n) is 3.51. The molecule has 0 amide bonds. The van der Waals surface area contributed by atoms with Crippen LogP contribution in [0.15, 0.2) is 11.6 Å². The van der Waals surface area contributed by atoms with Gasteiger partial charge < -0.3 is 15.4 Å². The first-order valence-corrected chi connectivity index (χ1v) is 5.70. The third-order valence-electron chi connectivity index (χ3n) is 2.22. The molecule has 0 aromatic carbocycles. The summed E-state index contributed by atoms with van der Waals surface area (Å²) in [6, 6.07) is 0. The molecule has 0 saturated heterocycles. The Labute approximate surface area is 106 Å². The Morgan fingerprint density at radius 1 is 1.58 bits per heavy atom. The Balaban J connectivity index is 2.28. The predicted octanol–water partition coefficient (Wildman–Crippen LogP) is 2.62. The molecule has 6 nitrogen and oxygen atoms in total. The highest BCUT2D eigenvalue weighted by Crippen LogP contribution is 2.30. The number of imidazole rings is 1. The highest BCUT2D eigenvalue weighted by molar-refractivity contribution is 7.15. The van der Waals surface area contributed by atoms with E-state index in [1.165, 1.54) is 11.6 Å². The van der Waals surface area contributed by atoms with Crippen molar-refractivity contribution in [3.05, 3.63) is 21.7 Å². The number of anilines is 1. The molecule has 0 aliphatic carbocycles. The normalized spacial score (nSPS) is 12.3. The highest BCUT2D eigenvalue weighted by atomic mass is 32.1. The first-order chi connectivity index (χ1) is 8.83. The molecule has 2 aromatic heterocycles. The topological polar surface area (TPSA) is 72.5 Å². The highest BCUT2D eigenvalue weighted by Gasteiger charge is 2.41. The van der Waals surface area contributed by atoms with Gasteiger partial charge in [0.25, 0.3) is 4.96 Å². The van der Waals surface area contributed by atoms with Crippen molar-refractivity contribution in [1.82, 2.24) is 9.38 Å². The van der Waals surface area contributed by atoms with Crippen molar-refractivity contribution in [2.24, 2.45) is 0 Å². The van der Waals surface area contributed by atoms with Gasteiger partial charge in [-0.3, -0.25) is 0 Å². The fourth-order valence-corrected chi connectivity index (χ4v) is 2.05. The van der Waals surface area contributed by atoms with Crippen molar-refractivity contribution in [3.63, 3.8) is 0 Å². The molecule has 1 N–H and O–H groups in total. The Morgan fingerprint density at radius 3 is 2.84 bits per heavy atom. The maximum absolute atomic E-state index is 12.7. The number of aromatic nitrogens is 2. The van der Waals surface area contributed by atoms with E-state index in [4.69, 9.17) is 0 Å². The number of hydrogen-bond acceptors (Lipinski definition) is 5. The molecule has 0 aliphatic rings. The van der Waals surface area contributed by atoms with Crippen molar-refractivity contribution < 1.29 is 22.5 Å². The summed E-state index contributed by atoms with van der Waals surface area (Å²) in [6.07, 6.45) is -2.52. The molecule has 0 saturated carbocycles. The van der Waals surface area contributed by atoms with E-state index in [0.717, 1.165) is 15.7 Å². The first kappa shape index (κ1) is 13.5. The van der Waals surface area contributed by atoms with Crippen LogP contribution in [0.3, 0.4) is 0 Å². The Kier molecular flexibility index (Phi) is 3.30. The number of fused-ring (bicyclic) bond motifs is 1. The third kappa shape index (κ3) is 2.45. The number of thiazole rings is 1. The van der Waals surface area contributed by atoms with E-state index in [1.807, 2.05) is 5.32 Å². The molecule has 0 unspecified atom stereocenters. The lowest BCUT2D eigenvalue weighted by atomic mass is 10.3. The van der Waals surface area contributed by atoms with E-state index in [1.54, 1.807) is 0 Å². The molecular formula is C8H6F4N4O2S. The molecule has 0 spiro atoms. The second-order valence-corrected chi connectivity index (χ2v) is 4.39. The van der Waals surface area contributed by atoms with Crippen molar-refractivity contribution in [3.8, 4) is 0 Å². The van der Waals surface area contributed by atoms with E-state index in [9.17, 15) is 27.7 Å². The molecular weight excluding hydrogens is 292 g/mol. The summed E-state index contributed by atoms with van der Waals surface area (Å²) in [5.74, 6) is -5.32. The molecule has 0 aliphatic heterocycles. The summed E-state index contributed by atoms with van der Waals surface area (Å²) in [4.78, 5) is 13.9. The zero-order chi connectivity index (χ0) is 14.2. The monoisotopic (exact) mass is 298 g/mol. The van der Waals surface area contributed by atoms with Gasteiger partial charge in [-0.25, -0.2) is 8.78 Å². The van der Waals surface area contributed by atoms with Crippen molar-refractivity contribution in [2.45, 2.75) is 12.3 Å².